The van der Waals surface area contributed by atoms with Crippen molar-refractivity contribution in [1.29, 1.82) is 0 Å². The number of benzene rings is 1. The van der Waals surface area contributed by atoms with Crippen molar-refractivity contribution in [2.24, 2.45) is 0 Å². The van der Waals surface area contributed by atoms with Crippen molar-refractivity contribution in [3.63, 3.8) is 0 Å². The lowest BCUT2D eigenvalue weighted by Gasteiger charge is -2.03. The van der Waals surface area contributed by atoms with E-state index in [-0.39, 0.29) is 0 Å². The van der Waals surface area contributed by atoms with E-state index in [1.54, 1.807) is 0 Å². The molecule has 0 bridgehead atoms. The normalized spacial score (nSPS) is 9.93. The number of hydrogen-bond acceptors (Lipinski definition) is 6. The van der Waals surface area contributed by atoms with Crippen LogP contribution in [0.2, 0.25) is 0 Å². The van der Waals surface area contributed by atoms with Gasteiger partial charge in [-0.2, -0.15) is 0 Å². The van der Waals surface area contributed by atoms with Gasteiger partial charge >= 0.3 is 5.19 Å². The molecule has 2 aromatic rings. The molecule has 0 aliphatic heterocycles. The average molecular weight is 223 g/mol. The zero-order valence-electron chi connectivity index (χ0n) is 8.08. The largest absolute Gasteiger partial charge is 0.494 e. The van der Waals surface area contributed by atoms with Crippen LogP contribution in [0.5, 0.6) is 16.7 Å². The molecule has 5 nitrogen and oxygen atoms in total. The summed E-state index contributed by atoms with van der Waals surface area (Å²) in [4.78, 5) is 0. The fraction of sp³-hybridized carbons (Fsp3) is 0.222. The first kappa shape index (κ1) is 9.85. The molecule has 0 amide bonds. The van der Waals surface area contributed by atoms with Crippen LogP contribution in [0.4, 0.5) is 0 Å². The van der Waals surface area contributed by atoms with Crippen LogP contribution in [0.15, 0.2) is 24.3 Å². The molecule has 0 fully saturated rings. The summed E-state index contributed by atoms with van der Waals surface area (Å²) in [5.74, 6) is 1.51. The Kier molecular flexibility index (Phi) is 3.08. The van der Waals surface area contributed by atoms with E-state index in [0.717, 1.165) is 17.3 Å². The lowest BCUT2D eigenvalue weighted by atomic mass is 10.3. The van der Waals surface area contributed by atoms with Gasteiger partial charge in [0.1, 0.15) is 11.5 Å². The second-order valence-corrected chi connectivity index (χ2v) is 3.33. The van der Waals surface area contributed by atoms with Crippen LogP contribution in [0, 0.1) is 0 Å². The fourth-order valence-corrected chi connectivity index (χ4v) is 1.39. The molecule has 0 N–H and O–H groups in total. The first-order valence-electron chi connectivity index (χ1n) is 4.44. The Labute approximate surface area is 90.8 Å². The van der Waals surface area contributed by atoms with Crippen LogP contribution in [-0.4, -0.2) is 21.4 Å². The van der Waals surface area contributed by atoms with Gasteiger partial charge in [0.05, 0.1) is 6.61 Å². The lowest BCUT2D eigenvalue weighted by Crippen LogP contribution is -1.90. The molecule has 1 aromatic carbocycles. The van der Waals surface area contributed by atoms with E-state index in [0.29, 0.717) is 17.6 Å². The SMILES string of the molecule is CCOc1ccc(Oc2nnns2)cc1. The monoisotopic (exact) mass is 223 g/mol. The summed E-state index contributed by atoms with van der Waals surface area (Å²) < 4.78 is 14.3. The molecule has 0 aliphatic carbocycles. The molecular weight excluding hydrogens is 214 g/mol. The fourth-order valence-electron chi connectivity index (χ4n) is 1.04. The Balaban J connectivity index is 2.04. The molecule has 0 unspecified atom stereocenters. The van der Waals surface area contributed by atoms with Crippen molar-refractivity contribution in [2.45, 2.75) is 6.92 Å². The van der Waals surface area contributed by atoms with E-state index in [2.05, 4.69) is 14.8 Å². The van der Waals surface area contributed by atoms with Gasteiger partial charge in [-0.25, -0.2) is 0 Å². The molecule has 0 atom stereocenters. The third-order valence-corrected chi connectivity index (χ3v) is 2.10. The van der Waals surface area contributed by atoms with Gasteiger partial charge < -0.3 is 9.47 Å². The second-order valence-electron chi connectivity index (χ2n) is 2.63. The summed E-state index contributed by atoms with van der Waals surface area (Å²) in [5.41, 5.74) is 0. The zero-order chi connectivity index (χ0) is 10.5. The molecule has 1 heterocycles. The summed E-state index contributed by atoms with van der Waals surface area (Å²) in [6, 6.07) is 7.30. The van der Waals surface area contributed by atoms with Gasteiger partial charge in [-0.1, -0.05) is 9.59 Å². The Morgan fingerprint density at radius 3 is 2.53 bits per heavy atom. The Bertz CT molecular complexity index is 402. The van der Waals surface area contributed by atoms with Crippen LogP contribution in [0.3, 0.4) is 0 Å². The first-order valence-corrected chi connectivity index (χ1v) is 5.21. The second kappa shape index (κ2) is 4.70. The molecule has 0 saturated carbocycles. The molecule has 2 rings (SSSR count). The van der Waals surface area contributed by atoms with Gasteiger partial charge in [0, 0.05) is 11.5 Å². The topological polar surface area (TPSA) is 57.1 Å². The van der Waals surface area contributed by atoms with Crippen LogP contribution < -0.4 is 9.47 Å². The van der Waals surface area contributed by atoms with E-state index in [1.807, 2.05) is 31.2 Å². The summed E-state index contributed by atoms with van der Waals surface area (Å²) in [5, 5.41) is 7.54. The van der Waals surface area contributed by atoms with Gasteiger partial charge in [0.25, 0.3) is 0 Å². The Morgan fingerprint density at radius 2 is 1.93 bits per heavy atom. The number of aromatic nitrogens is 3. The Hall–Kier alpha value is -1.69. The minimum absolute atomic E-state index is 0.430. The van der Waals surface area contributed by atoms with Gasteiger partial charge in [0.15, 0.2) is 0 Å². The van der Waals surface area contributed by atoms with E-state index in [9.17, 15) is 0 Å². The third kappa shape index (κ3) is 2.63. The number of hydrogen-bond donors (Lipinski definition) is 0. The number of ether oxygens (including phenoxy) is 2. The highest BCUT2D eigenvalue weighted by Crippen LogP contribution is 2.23. The van der Waals surface area contributed by atoms with Crippen molar-refractivity contribution < 1.29 is 9.47 Å². The minimum Gasteiger partial charge on any atom is -0.494 e. The summed E-state index contributed by atoms with van der Waals surface area (Å²) in [6.07, 6.45) is 0. The number of nitrogens with zero attached hydrogens (tertiary/aromatic N) is 3. The Morgan fingerprint density at radius 1 is 1.20 bits per heavy atom. The predicted molar refractivity (Wildman–Crippen MR) is 55.4 cm³/mol. The average Bonchev–Trinajstić information content (AvgIpc) is 2.74. The van der Waals surface area contributed by atoms with Crippen LogP contribution in [-0.2, 0) is 0 Å². The molecule has 0 spiro atoms. The standard InChI is InChI=1S/C9H9N3O2S/c1-2-13-7-3-5-8(6-4-7)14-9-10-11-12-15-9/h3-6H,2H2,1H3. The van der Waals surface area contributed by atoms with Crippen molar-refractivity contribution in [3.8, 4) is 16.7 Å². The quantitative estimate of drug-likeness (QED) is 0.794. The number of rotatable bonds is 4. The van der Waals surface area contributed by atoms with Gasteiger partial charge in [-0.3, -0.25) is 0 Å². The third-order valence-electron chi connectivity index (χ3n) is 1.62. The predicted octanol–water partition coefficient (Wildman–Crippen LogP) is 2.12. The highest BCUT2D eigenvalue weighted by atomic mass is 32.1. The van der Waals surface area contributed by atoms with Crippen LogP contribution in [0.25, 0.3) is 0 Å². The van der Waals surface area contributed by atoms with E-state index in [1.165, 1.54) is 0 Å². The molecule has 15 heavy (non-hydrogen) atoms. The minimum atomic E-state index is 0.430. The molecule has 1 aromatic heterocycles. The molecule has 78 valence electrons. The van der Waals surface area contributed by atoms with Crippen molar-refractivity contribution in [3.05, 3.63) is 24.3 Å². The molecule has 0 aliphatic rings. The smallest absolute Gasteiger partial charge is 0.319 e. The van der Waals surface area contributed by atoms with Crippen molar-refractivity contribution >= 4 is 11.5 Å². The van der Waals surface area contributed by atoms with Crippen LogP contribution >= 0.6 is 11.5 Å². The highest BCUT2D eigenvalue weighted by molar-refractivity contribution is 7.07. The lowest BCUT2D eigenvalue weighted by molar-refractivity contribution is 0.339. The molecule has 6 heteroatoms. The molecule has 0 radical (unpaired) electrons. The maximum absolute atomic E-state index is 5.38. The van der Waals surface area contributed by atoms with Crippen molar-refractivity contribution in [2.75, 3.05) is 6.61 Å². The van der Waals surface area contributed by atoms with Crippen molar-refractivity contribution in [1.82, 2.24) is 14.8 Å². The van der Waals surface area contributed by atoms with Gasteiger partial charge in [0.2, 0.25) is 0 Å². The zero-order valence-corrected chi connectivity index (χ0v) is 8.90. The molecular formula is C9H9N3O2S. The van der Waals surface area contributed by atoms with E-state index in [4.69, 9.17) is 9.47 Å². The maximum Gasteiger partial charge on any atom is 0.319 e. The molecule has 0 saturated heterocycles. The van der Waals surface area contributed by atoms with Gasteiger partial charge in [-0.05, 0) is 36.4 Å². The summed E-state index contributed by atoms with van der Waals surface area (Å²) in [7, 11) is 0. The summed E-state index contributed by atoms with van der Waals surface area (Å²) >= 11 is 1.11. The van der Waals surface area contributed by atoms with E-state index >= 15 is 0 Å². The van der Waals surface area contributed by atoms with E-state index < -0.39 is 0 Å². The van der Waals surface area contributed by atoms with Gasteiger partial charge in [-0.15, -0.1) is 0 Å². The summed E-state index contributed by atoms with van der Waals surface area (Å²) in [6.45, 7) is 2.60. The maximum atomic E-state index is 5.38. The highest BCUT2D eigenvalue weighted by Gasteiger charge is 2.01. The first-order chi connectivity index (χ1) is 7.38. The van der Waals surface area contributed by atoms with Crippen LogP contribution in [0.1, 0.15) is 6.92 Å².